The number of ketones is 1. The number of amides is 1. The second-order valence-corrected chi connectivity index (χ2v) is 3.29. The number of Topliss-reactive ketones (excluding diaryl/α,β-unsaturated/α-hetero) is 1. The van der Waals surface area contributed by atoms with Gasteiger partial charge < -0.3 is 15.2 Å². The third kappa shape index (κ3) is 9.04. The molecule has 0 aliphatic heterocycles. The molecule has 96 valence electrons. The number of carboxylic acids is 1. The number of esters is 1. The van der Waals surface area contributed by atoms with Gasteiger partial charge in [0.05, 0.1) is 26.5 Å². The number of aliphatic carboxylic acids is 1. The van der Waals surface area contributed by atoms with Crippen LogP contribution in [0, 0.1) is 0 Å². The molecular formula is C10H15NO6. The molecule has 0 radical (unpaired) electrons. The molecule has 0 spiro atoms. The first kappa shape index (κ1) is 15.1. The smallest absolute Gasteiger partial charge is 0.305 e. The molecule has 0 fully saturated rings. The minimum absolute atomic E-state index is 0.00805. The van der Waals surface area contributed by atoms with Crippen molar-refractivity contribution in [2.24, 2.45) is 0 Å². The Morgan fingerprint density at radius 2 is 1.71 bits per heavy atom. The monoisotopic (exact) mass is 245 g/mol. The van der Waals surface area contributed by atoms with Crippen LogP contribution in [0.5, 0.6) is 0 Å². The van der Waals surface area contributed by atoms with Crippen LogP contribution in [-0.4, -0.2) is 42.4 Å². The van der Waals surface area contributed by atoms with E-state index in [1.807, 2.05) is 0 Å². The van der Waals surface area contributed by atoms with E-state index in [1.165, 1.54) is 7.11 Å². The first-order valence-electron chi connectivity index (χ1n) is 5.02. The Hall–Kier alpha value is -1.92. The van der Waals surface area contributed by atoms with E-state index < -0.39 is 17.8 Å². The van der Waals surface area contributed by atoms with Gasteiger partial charge in [-0.1, -0.05) is 0 Å². The van der Waals surface area contributed by atoms with Gasteiger partial charge in [0.15, 0.2) is 5.78 Å². The average Bonchev–Trinajstić information content (AvgIpc) is 2.30. The lowest BCUT2D eigenvalue weighted by Crippen LogP contribution is -2.29. The number of methoxy groups -OCH3 is 1. The molecule has 0 saturated carbocycles. The number of carbonyl (C=O) groups excluding carboxylic acids is 3. The van der Waals surface area contributed by atoms with Crippen molar-refractivity contribution < 1.29 is 29.0 Å². The number of hydrogen-bond donors (Lipinski definition) is 2. The van der Waals surface area contributed by atoms with E-state index in [1.54, 1.807) is 0 Å². The van der Waals surface area contributed by atoms with Crippen molar-refractivity contribution in [3.8, 4) is 0 Å². The highest BCUT2D eigenvalue weighted by atomic mass is 16.5. The zero-order chi connectivity index (χ0) is 13.3. The summed E-state index contributed by atoms with van der Waals surface area (Å²) in [7, 11) is 1.22. The first-order valence-corrected chi connectivity index (χ1v) is 5.02. The van der Waals surface area contributed by atoms with Crippen LogP contribution >= 0.6 is 0 Å². The molecule has 1 amide bonds. The largest absolute Gasteiger partial charge is 0.481 e. The van der Waals surface area contributed by atoms with E-state index in [2.05, 4.69) is 10.1 Å². The lowest BCUT2D eigenvalue weighted by atomic mass is 10.2. The van der Waals surface area contributed by atoms with Crippen molar-refractivity contribution in [3.63, 3.8) is 0 Å². The Morgan fingerprint density at radius 1 is 1.06 bits per heavy atom. The Morgan fingerprint density at radius 3 is 2.24 bits per heavy atom. The summed E-state index contributed by atoms with van der Waals surface area (Å²) >= 11 is 0. The maximum Gasteiger partial charge on any atom is 0.305 e. The van der Waals surface area contributed by atoms with Crippen LogP contribution in [0.25, 0.3) is 0 Å². The molecule has 0 aliphatic carbocycles. The van der Waals surface area contributed by atoms with Gasteiger partial charge in [-0.15, -0.1) is 0 Å². The number of nitrogens with one attached hydrogen (secondary N) is 1. The predicted molar refractivity (Wildman–Crippen MR) is 56.1 cm³/mol. The van der Waals surface area contributed by atoms with E-state index in [0.717, 1.165) is 0 Å². The van der Waals surface area contributed by atoms with Crippen molar-refractivity contribution in [3.05, 3.63) is 0 Å². The molecule has 0 saturated heterocycles. The zero-order valence-electron chi connectivity index (χ0n) is 9.52. The normalized spacial score (nSPS) is 9.47. The lowest BCUT2D eigenvalue weighted by molar-refractivity contribution is -0.142. The highest BCUT2D eigenvalue weighted by Gasteiger charge is 2.09. The quantitative estimate of drug-likeness (QED) is 0.557. The molecule has 0 atom stereocenters. The molecule has 7 nitrogen and oxygen atoms in total. The first-order chi connectivity index (χ1) is 7.95. The summed E-state index contributed by atoms with van der Waals surface area (Å²) < 4.78 is 4.35. The highest BCUT2D eigenvalue weighted by Crippen LogP contribution is 1.93. The molecule has 0 unspecified atom stereocenters. The van der Waals surface area contributed by atoms with Crippen LogP contribution in [0.2, 0.25) is 0 Å². The third-order valence-corrected chi connectivity index (χ3v) is 1.88. The van der Waals surface area contributed by atoms with Gasteiger partial charge in [-0.3, -0.25) is 19.2 Å². The minimum Gasteiger partial charge on any atom is -0.481 e. The fourth-order valence-electron chi connectivity index (χ4n) is 0.938. The zero-order valence-corrected chi connectivity index (χ0v) is 9.52. The van der Waals surface area contributed by atoms with Gasteiger partial charge in [0.1, 0.15) is 0 Å². The number of carboxylic acid groups (broad SMARTS) is 1. The summed E-state index contributed by atoms with van der Waals surface area (Å²) in [5.41, 5.74) is 0. The van der Waals surface area contributed by atoms with E-state index in [0.29, 0.717) is 0 Å². The average molecular weight is 245 g/mol. The SMILES string of the molecule is COC(=O)CCC(=O)CNC(=O)CCC(=O)O. The van der Waals surface area contributed by atoms with Crippen LogP contribution in [0.1, 0.15) is 25.7 Å². The maximum atomic E-state index is 11.2. The predicted octanol–water partition coefficient (Wildman–Crippen LogP) is -0.510. The van der Waals surface area contributed by atoms with Gasteiger partial charge in [0, 0.05) is 12.8 Å². The molecule has 0 aromatic rings. The van der Waals surface area contributed by atoms with E-state index in [4.69, 9.17) is 5.11 Å². The van der Waals surface area contributed by atoms with Crippen molar-refractivity contribution >= 4 is 23.6 Å². The van der Waals surface area contributed by atoms with Crippen molar-refractivity contribution in [1.82, 2.24) is 5.32 Å². The molecule has 2 N–H and O–H groups in total. The third-order valence-electron chi connectivity index (χ3n) is 1.88. The van der Waals surface area contributed by atoms with Gasteiger partial charge in [0.2, 0.25) is 5.91 Å². The summed E-state index contributed by atoms with van der Waals surface area (Å²) in [5, 5.41) is 10.6. The summed E-state index contributed by atoms with van der Waals surface area (Å²) in [6, 6.07) is 0. The van der Waals surface area contributed by atoms with E-state index in [9.17, 15) is 19.2 Å². The van der Waals surface area contributed by atoms with Crippen molar-refractivity contribution in [1.29, 1.82) is 0 Å². The highest BCUT2D eigenvalue weighted by molar-refractivity contribution is 5.88. The van der Waals surface area contributed by atoms with Crippen molar-refractivity contribution in [2.75, 3.05) is 13.7 Å². The molecule has 0 aliphatic rings. The van der Waals surface area contributed by atoms with Crippen LogP contribution in [0.3, 0.4) is 0 Å². The fraction of sp³-hybridized carbons (Fsp3) is 0.600. The number of rotatable bonds is 8. The standard InChI is InChI=1S/C10H15NO6/c1-17-10(16)5-2-7(12)6-11-8(13)3-4-9(14)15/h2-6H2,1H3,(H,11,13)(H,14,15). The summed E-state index contributed by atoms with van der Waals surface area (Å²) in [5.74, 6) is -2.37. The molecule has 0 aromatic carbocycles. The minimum atomic E-state index is -1.07. The van der Waals surface area contributed by atoms with Crippen LogP contribution < -0.4 is 5.32 Å². The molecule has 0 bridgehead atoms. The Balaban J connectivity index is 3.66. The molecule has 0 rings (SSSR count). The van der Waals surface area contributed by atoms with Crippen LogP contribution in [-0.2, 0) is 23.9 Å². The second kappa shape index (κ2) is 8.26. The fourth-order valence-corrected chi connectivity index (χ4v) is 0.938. The summed E-state index contributed by atoms with van der Waals surface area (Å²) in [4.78, 5) is 43.1. The van der Waals surface area contributed by atoms with Gasteiger partial charge in [-0.05, 0) is 0 Å². The Kier molecular flexibility index (Phi) is 7.32. The second-order valence-electron chi connectivity index (χ2n) is 3.29. The molecule has 0 heterocycles. The summed E-state index contributed by atoms with van der Waals surface area (Å²) in [6.45, 7) is -0.199. The number of hydrogen-bond acceptors (Lipinski definition) is 5. The summed E-state index contributed by atoms with van der Waals surface area (Å²) in [6.07, 6.45) is -0.478. The molecule has 0 aromatic heterocycles. The number of ether oxygens (including phenoxy) is 1. The van der Waals surface area contributed by atoms with Gasteiger partial charge in [0.25, 0.3) is 0 Å². The van der Waals surface area contributed by atoms with E-state index in [-0.39, 0.29) is 38.0 Å². The molecule has 17 heavy (non-hydrogen) atoms. The molecule has 7 heteroatoms. The Bertz CT molecular complexity index is 312. The van der Waals surface area contributed by atoms with Gasteiger partial charge in [-0.2, -0.15) is 0 Å². The number of carbonyl (C=O) groups is 4. The van der Waals surface area contributed by atoms with Crippen LogP contribution in [0.4, 0.5) is 0 Å². The lowest BCUT2D eigenvalue weighted by Gasteiger charge is -2.03. The van der Waals surface area contributed by atoms with E-state index >= 15 is 0 Å². The Labute approximate surface area is 98.1 Å². The maximum absolute atomic E-state index is 11.2. The van der Waals surface area contributed by atoms with Gasteiger partial charge in [-0.25, -0.2) is 0 Å². The van der Waals surface area contributed by atoms with Crippen LogP contribution in [0.15, 0.2) is 0 Å². The van der Waals surface area contributed by atoms with Gasteiger partial charge >= 0.3 is 11.9 Å². The van der Waals surface area contributed by atoms with Crippen molar-refractivity contribution in [2.45, 2.75) is 25.7 Å². The molecular weight excluding hydrogens is 230 g/mol. The topological polar surface area (TPSA) is 110 Å².